The number of carbonyl (C=O) groups is 2. The number of hydrogen-bond acceptors (Lipinski definition) is 6. The fraction of sp³-hybridized carbons (Fsp3) is 0.783. The number of unbranched alkanes of at least 4 members (excludes halogenated alkanes) is 1. The topological polar surface area (TPSA) is 91.7 Å². The number of rotatable bonds is 7. The van der Waals surface area contributed by atoms with Crippen molar-refractivity contribution in [1.82, 2.24) is 15.1 Å². The largest absolute Gasteiger partial charge is 0.465 e. The van der Waals surface area contributed by atoms with E-state index in [0.29, 0.717) is 32.9 Å². The van der Waals surface area contributed by atoms with Gasteiger partial charge in [-0.25, -0.2) is 0 Å². The van der Waals surface area contributed by atoms with Gasteiger partial charge in [0, 0.05) is 45.1 Å². The van der Waals surface area contributed by atoms with Crippen LogP contribution in [0.15, 0.2) is 0 Å². The molecule has 1 amide bonds. The van der Waals surface area contributed by atoms with Gasteiger partial charge in [-0.1, -0.05) is 0 Å². The smallest absolute Gasteiger partial charge is 0.309 e. The molecule has 0 unspecified atom stereocenters. The predicted octanol–water partition coefficient (Wildman–Crippen LogP) is 2.28. The van der Waals surface area contributed by atoms with Crippen LogP contribution in [-0.2, 0) is 38.4 Å². The molecule has 31 heavy (non-hydrogen) atoms. The molecule has 3 aliphatic rings. The highest BCUT2D eigenvalue weighted by Gasteiger charge is 2.39. The summed E-state index contributed by atoms with van der Waals surface area (Å²) in [7, 11) is 0. The van der Waals surface area contributed by atoms with Crippen LogP contribution in [0.25, 0.3) is 0 Å². The van der Waals surface area contributed by atoms with Crippen LogP contribution in [0.5, 0.6) is 0 Å². The molecule has 4 heterocycles. The maximum atomic E-state index is 12.9. The second-order valence-electron chi connectivity index (χ2n) is 9.07. The van der Waals surface area contributed by atoms with Crippen LogP contribution in [0.1, 0.15) is 67.2 Å². The lowest BCUT2D eigenvalue weighted by Crippen LogP contribution is -2.40. The Bertz CT molecular complexity index is 778. The lowest BCUT2D eigenvalue weighted by atomic mass is 9.75. The molecular formula is C23H35N3O5. The molecule has 1 aromatic rings. The Hall–Kier alpha value is -1.93. The van der Waals surface area contributed by atoms with Gasteiger partial charge in [-0.05, 0) is 63.7 Å². The number of nitrogens with zero attached hydrogens (tertiary/aromatic N) is 2. The van der Waals surface area contributed by atoms with Gasteiger partial charge in [-0.2, -0.15) is 5.10 Å². The number of amides is 1. The summed E-state index contributed by atoms with van der Waals surface area (Å²) in [5.74, 6) is -0.117. The van der Waals surface area contributed by atoms with E-state index in [1.165, 1.54) is 0 Å². The van der Waals surface area contributed by atoms with Gasteiger partial charge in [0.15, 0.2) is 0 Å². The molecule has 2 saturated heterocycles. The summed E-state index contributed by atoms with van der Waals surface area (Å²) in [5.41, 5.74) is 2.93. The normalized spacial score (nSPS) is 21.4. The fourth-order valence-corrected chi connectivity index (χ4v) is 4.98. The van der Waals surface area contributed by atoms with E-state index in [0.717, 1.165) is 81.5 Å². The van der Waals surface area contributed by atoms with Gasteiger partial charge < -0.3 is 19.5 Å². The van der Waals surface area contributed by atoms with Crippen molar-refractivity contribution in [3.05, 3.63) is 17.0 Å². The molecule has 0 atom stereocenters. The zero-order valence-corrected chi connectivity index (χ0v) is 18.6. The minimum Gasteiger partial charge on any atom is -0.465 e. The SMILES string of the molecule is CCn1nc(CCCCOC(=O)C2CCOCC2)c2c1C(=O)NCC1(CCOCC1)C2. The number of nitrogens with one attached hydrogen (secondary N) is 1. The molecular weight excluding hydrogens is 398 g/mol. The Labute approximate surface area is 184 Å². The Kier molecular flexibility index (Phi) is 7.27. The van der Waals surface area contributed by atoms with Crippen molar-refractivity contribution in [2.24, 2.45) is 11.3 Å². The van der Waals surface area contributed by atoms with Gasteiger partial charge >= 0.3 is 5.97 Å². The molecule has 1 N–H and O–H groups in total. The second-order valence-corrected chi connectivity index (χ2v) is 9.07. The van der Waals surface area contributed by atoms with Crippen molar-refractivity contribution in [2.45, 2.75) is 64.8 Å². The second kappa shape index (κ2) is 10.1. The van der Waals surface area contributed by atoms with Crippen LogP contribution >= 0.6 is 0 Å². The lowest BCUT2D eigenvalue weighted by Gasteiger charge is -2.36. The van der Waals surface area contributed by atoms with Gasteiger partial charge in [-0.15, -0.1) is 0 Å². The first-order valence-corrected chi connectivity index (χ1v) is 11.8. The molecule has 3 aliphatic heterocycles. The first kappa shape index (κ1) is 22.3. The van der Waals surface area contributed by atoms with Gasteiger partial charge in [-0.3, -0.25) is 14.3 Å². The maximum Gasteiger partial charge on any atom is 0.309 e. The van der Waals surface area contributed by atoms with Crippen LogP contribution < -0.4 is 5.32 Å². The van der Waals surface area contributed by atoms with Crippen LogP contribution in [-0.4, -0.2) is 61.2 Å². The van der Waals surface area contributed by atoms with E-state index in [1.54, 1.807) is 0 Å². The number of ether oxygens (including phenoxy) is 3. The molecule has 0 radical (unpaired) electrons. The highest BCUT2D eigenvalue weighted by atomic mass is 16.5. The Balaban J connectivity index is 1.36. The van der Waals surface area contributed by atoms with Crippen molar-refractivity contribution in [3.63, 3.8) is 0 Å². The van der Waals surface area contributed by atoms with Crippen molar-refractivity contribution in [2.75, 3.05) is 39.6 Å². The summed E-state index contributed by atoms with van der Waals surface area (Å²) < 4.78 is 18.2. The average Bonchev–Trinajstić information content (AvgIpc) is 3.08. The van der Waals surface area contributed by atoms with Gasteiger partial charge in [0.2, 0.25) is 0 Å². The van der Waals surface area contributed by atoms with Crippen LogP contribution in [0.4, 0.5) is 0 Å². The Morgan fingerprint density at radius 1 is 1.19 bits per heavy atom. The van der Waals surface area contributed by atoms with E-state index >= 15 is 0 Å². The van der Waals surface area contributed by atoms with Crippen LogP contribution in [0.2, 0.25) is 0 Å². The third-order valence-electron chi connectivity index (χ3n) is 6.98. The molecule has 172 valence electrons. The lowest BCUT2D eigenvalue weighted by molar-refractivity contribution is -0.151. The van der Waals surface area contributed by atoms with Crippen molar-refractivity contribution >= 4 is 11.9 Å². The van der Waals surface area contributed by atoms with E-state index in [1.807, 2.05) is 11.6 Å². The van der Waals surface area contributed by atoms with E-state index in [2.05, 4.69) is 5.32 Å². The van der Waals surface area contributed by atoms with Gasteiger partial charge in [0.05, 0.1) is 18.2 Å². The fourth-order valence-electron chi connectivity index (χ4n) is 4.98. The molecule has 0 aliphatic carbocycles. The molecule has 0 saturated carbocycles. The van der Waals surface area contributed by atoms with Crippen LogP contribution in [0.3, 0.4) is 0 Å². The molecule has 1 spiro atoms. The maximum absolute atomic E-state index is 12.9. The van der Waals surface area contributed by atoms with Gasteiger partial charge in [0.1, 0.15) is 5.69 Å². The van der Waals surface area contributed by atoms with E-state index in [-0.39, 0.29) is 23.2 Å². The summed E-state index contributed by atoms with van der Waals surface area (Å²) in [4.78, 5) is 25.0. The Morgan fingerprint density at radius 2 is 1.94 bits per heavy atom. The van der Waals surface area contributed by atoms with E-state index in [4.69, 9.17) is 19.3 Å². The summed E-state index contributed by atoms with van der Waals surface area (Å²) >= 11 is 0. The van der Waals surface area contributed by atoms with Crippen molar-refractivity contribution in [1.29, 1.82) is 0 Å². The zero-order valence-electron chi connectivity index (χ0n) is 18.6. The summed E-state index contributed by atoms with van der Waals surface area (Å²) in [6.07, 6.45) is 6.79. The summed E-state index contributed by atoms with van der Waals surface area (Å²) in [6, 6.07) is 0. The molecule has 8 nitrogen and oxygen atoms in total. The Morgan fingerprint density at radius 3 is 2.68 bits per heavy atom. The number of carbonyl (C=O) groups excluding carboxylic acids is 2. The monoisotopic (exact) mass is 433 g/mol. The minimum atomic E-state index is -0.0921. The van der Waals surface area contributed by atoms with E-state index in [9.17, 15) is 9.59 Å². The summed E-state index contributed by atoms with van der Waals surface area (Å²) in [5, 5.41) is 7.94. The van der Waals surface area contributed by atoms with E-state index < -0.39 is 0 Å². The zero-order chi connectivity index (χ0) is 21.7. The third-order valence-corrected chi connectivity index (χ3v) is 6.98. The molecule has 0 aromatic carbocycles. The average molecular weight is 434 g/mol. The highest BCUT2D eigenvalue weighted by Crippen LogP contribution is 2.37. The molecule has 4 rings (SSSR count). The van der Waals surface area contributed by atoms with Gasteiger partial charge in [0.25, 0.3) is 5.91 Å². The third kappa shape index (κ3) is 5.12. The molecule has 0 bridgehead atoms. The number of aromatic nitrogens is 2. The molecule has 1 aromatic heterocycles. The molecule has 2 fully saturated rings. The van der Waals surface area contributed by atoms with Crippen molar-refractivity contribution < 1.29 is 23.8 Å². The minimum absolute atomic E-state index is 0.00985. The highest BCUT2D eigenvalue weighted by molar-refractivity contribution is 5.94. The summed E-state index contributed by atoms with van der Waals surface area (Å²) in [6.45, 7) is 6.63. The standard InChI is InChI=1S/C23H35N3O5/c1-2-26-20-18(15-23(16-24-21(20)27)8-13-30-14-9-23)19(25-26)5-3-4-10-31-22(28)17-6-11-29-12-7-17/h17H,2-16H2,1H3,(H,24,27). The number of fused-ring (bicyclic) bond motifs is 1. The molecule has 8 heteroatoms. The van der Waals surface area contributed by atoms with Crippen LogP contribution in [0, 0.1) is 11.3 Å². The number of esters is 1. The first-order chi connectivity index (χ1) is 15.1. The quantitative estimate of drug-likeness (QED) is 0.524. The van der Waals surface area contributed by atoms with Crippen molar-refractivity contribution in [3.8, 4) is 0 Å². The predicted molar refractivity (Wildman–Crippen MR) is 114 cm³/mol. The number of aryl methyl sites for hydroxylation is 2. The number of hydrogen-bond donors (Lipinski definition) is 1. The first-order valence-electron chi connectivity index (χ1n) is 11.8.